The predicted molar refractivity (Wildman–Crippen MR) is 118 cm³/mol. The number of hydrogen-bond donors (Lipinski definition) is 1. The van der Waals surface area contributed by atoms with Crippen LogP contribution < -0.4 is 4.90 Å². The van der Waals surface area contributed by atoms with Crippen LogP contribution in [0.5, 0.6) is 0 Å². The number of amides is 1. The maximum Gasteiger partial charge on any atom is 0.335 e. The van der Waals surface area contributed by atoms with Gasteiger partial charge in [0.2, 0.25) is 5.91 Å². The SMILES string of the molecule is C=Cc1ccc([C@H]2CC2C(=O)N(Cc2cccc(C(=O)O)c2)c2ccc(F)cc2)cc1. The lowest BCUT2D eigenvalue weighted by atomic mass is 10.1. The fourth-order valence-corrected chi connectivity index (χ4v) is 3.82. The van der Waals surface area contributed by atoms with E-state index in [9.17, 15) is 19.1 Å². The van der Waals surface area contributed by atoms with Gasteiger partial charge in [-0.3, -0.25) is 4.79 Å². The lowest BCUT2D eigenvalue weighted by molar-refractivity contribution is -0.120. The number of halogens is 1. The van der Waals surface area contributed by atoms with Crippen LogP contribution in [0.3, 0.4) is 0 Å². The zero-order valence-corrected chi connectivity index (χ0v) is 16.9. The minimum atomic E-state index is -1.02. The molecule has 0 radical (unpaired) electrons. The van der Waals surface area contributed by atoms with Crippen LogP contribution in [0.25, 0.3) is 6.08 Å². The van der Waals surface area contributed by atoms with E-state index in [1.807, 2.05) is 24.3 Å². The van der Waals surface area contributed by atoms with Gasteiger partial charge in [-0.25, -0.2) is 9.18 Å². The van der Waals surface area contributed by atoms with Gasteiger partial charge in [0.25, 0.3) is 0 Å². The second-order valence-electron chi connectivity index (χ2n) is 7.73. The molecule has 0 bridgehead atoms. The van der Waals surface area contributed by atoms with Crippen LogP contribution in [0.1, 0.15) is 39.4 Å². The van der Waals surface area contributed by atoms with E-state index >= 15 is 0 Å². The number of rotatable bonds is 7. The van der Waals surface area contributed by atoms with Crippen LogP contribution in [0.15, 0.2) is 79.4 Å². The lowest BCUT2D eigenvalue weighted by Gasteiger charge is -2.24. The van der Waals surface area contributed by atoms with Gasteiger partial charge in [0, 0.05) is 11.6 Å². The van der Waals surface area contributed by atoms with E-state index in [2.05, 4.69) is 6.58 Å². The minimum absolute atomic E-state index is 0.0508. The molecule has 4 nitrogen and oxygen atoms in total. The summed E-state index contributed by atoms with van der Waals surface area (Å²) in [5, 5.41) is 9.27. The largest absolute Gasteiger partial charge is 0.478 e. The molecule has 0 aromatic heterocycles. The maximum absolute atomic E-state index is 13.5. The molecule has 156 valence electrons. The Bertz CT molecular complexity index is 1120. The van der Waals surface area contributed by atoms with E-state index in [4.69, 9.17) is 0 Å². The molecular weight excluding hydrogens is 393 g/mol. The summed E-state index contributed by atoms with van der Waals surface area (Å²) in [6, 6.07) is 20.3. The first kappa shape index (κ1) is 20.5. The van der Waals surface area contributed by atoms with Gasteiger partial charge < -0.3 is 10.0 Å². The normalized spacial score (nSPS) is 17.1. The van der Waals surface area contributed by atoms with Crippen LogP contribution >= 0.6 is 0 Å². The average molecular weight is 415 g/mol. The summed E-state index contributed by atoms with van der Waals surface area (Å²) in [6.07, 6.45) is 2.53. The van der Waals surface area contributed by atoms with Crippen molar-refractivity contribution in [3.8, 4) is 0 Å². The third-order valence-corrected chi connectivity index (χ3v) is 5.63. The molecule has 0 aliphatic heterocycles. The molecule has 1 unspecified atom stereocenters. The molecule has 0 heterocycles. The van der Waals surface area contributed by atoms with E-state index in [0.717, 1.165) is 17.5 Å². The number of carboxylic acid groups (broad SMARTS) is 1. The van der Waals surface area contributed by atoms with Crippen LogP contribution in [0.2, 0.25) is 0 Å². The Morgan fingerprint density at radius 1 is 1.06 bits per heavy atom. The number of anilines is 1. The van der Waals surface area contributed by atoms with Crippen molar-refractivity contribution in [1.29, 1.82) is 0 Å². The summed E-state index contributed by atoms with van der Waals surface area (Å²) < 4.78 is 13.5. The van der Waals surface area contributed by atoms with Crippen LogP contribution in [-0.2, 0) is 11.3 Å². The second-order valence-corrected chi connectivity index (χ2v) is 7.73. The first-order chi connectivity index (χ1) is 15.0. The third kappa shape index (κ3) is 4.56. The Hall–Kier alpha value is -3.73. The molecule has 1 fully saturated rings. The summed E-state index contributed by atoms with van der Waals surface area (Å²) in [7, 11) is 0. The molecule has 3 aromatic carbocycles. The highest BCUT2D eigenvalue weighted by atomic mass is 19.1. The first-order valence-electron chi connectivity index (χ1n) is 10.1. The number of benzene rings is 3. The monoisotopic (exact) mass is 415 g/mol. The predicted octanol–water partition coefficient (Wildman–Crippen LogP) is 5.50. The molecule has 1 aliphatic carbocycles. The molecule has 3 aromatic rings. The highest BCUT2D eigenvalue weighted by Crippen LogP contribution is 2.49. The van der Waals surface area contributed by atoms with E-state index < -0.39 is 5.97 Å². The number of nitrogens with zero attached hydrogens (tertiary/aromatic N) is 1. The summed E-state index contributed by atoms with van der Waals surface area (Å²) in [4.78, 5) is 26.4. The van der Waals surface area contributed by atoms with Gasteiger partial charge in [-0.05, 0) is 65.4 Å². The van der Waals surface area contributed by atoms with Crippen LogP contribution in [-0.4, -0.2) is 17.0 Å². The van der Waals surface area contributed by atoms with E-state index in [1.54, 1.807) is 41.3 Å². The molecule has 1 amide bonds. The topological polar surface area (TPSA) is 57.6 Å². The Kier molecular flexibility index (Phi) is 5.67. The molecule has 1 N–H and O–H groups in total. The van der Waals surface area contributed by atoms with E-state index in [0.29, 0.717) is 11.3 Å². The standard InChI is InChI=1S/C26H22FNO3/c1-2-17-6-8-19(9-7-17)23-15-24(23)25(29)28(22-12-10-21(27)11-13-22)16-18-4-3-5-20(14-18)26(30)31/h2-14,23-24H,1,15-16H2,(H,30,31)/t23-,24?/m1/s1. The Morgan fingerprint density at radius 3 is 2.42 bits per heavy atom. The van der Waals surface area contributed by atoms with Gasteiger partial charge in [-0.1, -0.05) is 49.1 Å². The molecule has 1 aliphatic rings. The summed E-state index contributed by atoms with van der Waals surface area (Å²) >= 11 is 0. The van der Waals surface area contributed by atoms with Gasteiger partial charge in [0.05, 0.1) is 12.1 Å². The van der Waals surface area contributed by atoms with Crippen molar-refractivity contribution in [2.45, 2.75) is 18.9 Å². The van der Waals surface area contributed by atoms with Gasteiger partial charge >= 0.3 is 5.97 Å². The van der Waals surface area contributed by atoms with Crippen LogP contribution in [0.4, 0.5) is 10.1 Å². The number of carboxylic acids is 1. The fraction of sp³-hybridized carbons (Fsp3) is 0.154. The second kappa shape index (κ2) is 8.56. The van der Waals surface area contributed by atoms with E-state index in [-0.39, 0.29) is 35.7 Å². The van der Waals surface area contributed by atoms with Crippen molar-refractivity contribution in [2.24, 2.45) is 5.92 Å². The third-order valence-electron chi connectivity index (χ3n) is 5.63. The Labute approximate surface area is 180 Å². The summed E-state index contributed by atoms with van der Waals surface area (Å²) in [6.45, 7) is 3.97. The summed E-state index contributed by atoms with van der Waals surface area (Å²) in [5.41, 5.74) is 3.58. The lowest BCUT2D eigenvalue weighted by Crippen LogP contribution is -2.32. The first-order valence-corrected chi connectivity index (χ1v) is 10.1. The summed E-state index contributed by atoms with van der Waals surface area (Å²) in [5.74, 6) is -1.48. The smallest absolute Gasteiger partial charge is 0.335 e. The van der Waals surface area contributed by atoms with Gasteiger partial charge in [0.1, 0.15) is 5.82 Å². The zero-order valence-electron chi connectivity index (χ0n) is 16.9. The molecule has 1 saturated carbocycles. The van der Waals surface area contributed by atoms with Crippen molar-refractivity contribution in [3.05, 3.63) is 107 Å². The molecule has 31 heavy (non-hydrogen) atoms. The highest BCUT2D eigenvalue weighted by Gasteiger charge is 2.46. The maximum atomic E-state index is 13.5. The van der Waals surface area contributed by atoms with E-state index in [1.165, 1.54) is 18.2 Å². The molecule has 5 heteroatoms. The van der Waals surface area contributed by atoms with Gasteiger partial charge in [-0.2, -0.15) is 0 Å². The highest BCUT2D eigenvalue weighted by molar-refractivity contribution is 5.97. The molecule has 2 atom stereocenters. The van der Waals surface area contributed by atoms with Crippen molar-refractivity contribution in [3.63, 3.8) is 0 Å². The fourth-order valence-electron chi connectivity index (χ4n) is 3.82. The molecular formula is C26H22FNO3. The van der Waals surface area contributed by atoms with Crippen molar-refractivity contribution >= 4 is 23.6 Å². The average Bonchev–Trinajstić information content (AvgIpc) is 3.59. The zero-order chi connectivity index (χ0) is 22.0. The minimum Gasteiger partial charge on any atom is -0.478 e. The molecule has 0 spiro atoms. The number of hydrogen-bond acceptors (Lipinski definition) is 2. The van der Waals surface area contributed by atoms with Gasteiger partial charge in [-0.15, -0.1) is 0 Å². The number of aromatic carboxylic acids is 1. The van der Waals surface area contributed by atoms with Crippen LogP contribution in [0, 0.1) is 11.7 Å². The number of carbonyl (C=O) groups is 2. The Balaban J connectivity index is 1.59. The van der Waals surface area contributed by atoms with Crippen molar-refractivity contribution < 1.29 is 19.1 Å². The Morgan fingerprint density at radius 2 is 1.77 bits per heavy atom. The van der Waals surface area contributed by atoms with Crippen molar-refractivity contribution in [2.75, 3.05) is 4.90 Å². The quantitative estimate of drug-likeness (QED) is 0.554. The van der Waals surface area contributed by atoms with Gasteiger partial charge in [0.15, 0.2) is 0 Å². The molecule has 0 saturated heterocycles. The number of carbonyl (C=O) groups excluding carboxylic acids is 1. The molecule has 4 rings (SSSR count). The van der Waals surface area contributed by atoms with Crippen molar-refractivity contribution in [1.82, 2.24) is 0 Å².